The number of nitrogens with zero attached hydrogens (tertiary/aromatic N) is 2. The molecule has 1 fully saturated rings. The Morgan fingerprint density at radius 2 is 2.04 bits per heavy atom. The van der Waals surface area contributed by atoms with Gasteiger partial charge in [0.25, 0.3) is 0 Å². The number of piperidine rings is 1. The first-order valence-electron chi connectivity index (χ1n) is 9.01. The summed E-state index contributed by atoms with van der Waals surface area (Å²) < 4.78 is 0. The molecule has 0 amide bonds. The van der Waals surface area contributed by atoms with E-state index < -0.39 is 0 Å². The normalized spacial score (nSPS) is 20.3. The SMILES string of the molecule is CCC(C)c1ccc(NC(N)=NCC2CCCN(CC)C2)cc1.I. The van der Waals surface area contributed by atoms with Crippen molar-refractivity contribution in [3.05, 3.63) is 29.8 Å². The van der Waals surface area contributed by atoms with E-state index in [4.69, 9.17) is 5.73 Å². The number of rotatable bonds is 6. The zero-order valence-electron chi connectivity index (χ0n) is 15.3. The number of halogens is 1. The Kier molecular flexibility index (Phi) is 9.66. The number of likely N-dealkylation sites (tertiary alicyclic amines) is 1. The summed E-state index contributed by atoms with van der Waals surface area (Å²) in [6.07, 6.45) is 3.70. The number of benzene rings is 1. The van der Waals surface area contributed by atoms with Gasteiger partial charge in [0.2, 0.25) is 0 Å². The lowest BCUT2D eigenvalue weighted by Crippen LogP contribution is -2.36. The van der Waals surface area contributed by atoms with Gasteiger partial charge in [-0.25, -0.2) is 0 Å². The summed E-state index contributed by atoms with van der Waals surface area (Å²) in [6, 6.07) is 8.51. The first-order valence-corrected chi connectivity index (χ1v) is 9.01. The van der Waals surface area contributed by atoms with Gasteiger partial charge in [-0.1, -0.05) is 32.9 Å². The number of nitrogens with two attached hydrogens (primary N) is 1. The molecule has 0 aromatic heterocycles. The van der Waals surface area contributed by atoms with Gasteiger partial charge in [-0.3, -0.25) is 4.99 Å². The molecule has 0 aliphatic carbocycles. The fourth-order valence-electron chi connectivity index (χ4n) is 3.13. The Morgan fingerprint density at radius 1 is 1.33 bits per heavy atom. The summed E-state index contributed by atoms with van der Waals surface area (Å²) in [7, 11) is 0. The standard InChI is InChI=1S/C19H32N4.HI/c1-4-15(3)17-8-10-18(11-9-17)22-19(20)21-13-16-7-6-12-23(5-2)14-16;/h8-11,15-16H,4-7,12-14H2,1-3H3,(H3,20,21,22);1H. The van der Waals surface area contributed by atoms with Crippen LogP contribution in [0.4, 0.5) is 5.69 Å². The lowest BCUT2D eigenvalue weighted by atomic mass is 9.98. The average molecular weight is 444 g/mol. The summed E-state index contributed by atoms with van der Waals surface area (Å²) in [5.74, 6) is 1.76. The molecule has 1 heterocycles. The minimum absolute atomic E-state index is 0. The van der Waals surface area contributed by atoms with Gasteiger partial charge in [0.1, 0.15) is 0 Å². The molecule has 1 saturated heterocycles. The summed E-state index contributed by atoms with van der Waals surface area (Å²) in [4.78, 5) is 7.04. The first-order chi connectivity index (χ1) is 11.1. The van der Waals surface area contributed by atoms with Crippen LogP contribution in [0, 0.1) is 5.92 Å². The molecule has 0 spiro atoms. The smallest absolute Gasteiger partial charge is 0.193 e. The minimum atomic E-state index is 0. The van der Waals surface area contributed by atoms with E-state index in [-0.39, 0.29) is 24.0 Å². The maximum Gasteiger partial charge on any atom is 0.193 e. The third-order valence-corrected chi connectivity index (χ3v) is 4.93. The van der Waals surface area contributed by atoms with Crippen LogP contribution in [0.3, 0.4) is 0 Å². The Hall–Kier alpha value is -0.820. The van der Waals surface area contributed by atoms with Gasteiger partial charge in [0.05, 0.1) is 0 Å². The van der Waals surface area contributed by atoms with Crippen molar-refractivity contribution in [3.8, 4) is 0 Å². The number of nitrogens with one attached hydrogen (secondary N) is 1. The fourth-order valence-corrected chi connectivity index (χ4v) is 3.13. The van der Waals surface area contributed by atoms with E-state index in [9.17, 15) is 0 Å². The highest BCUT2D eigenvalue weighted by Gasteiger charge is 2.18. The maximum atomic E-state index is 6.04. The molecule has 1 aliphatic rings. The van der Waals surface area contributed by atoms with E-state index in [0.29, 0.717) is 17.8 Å². The minimum Gasteiger partial charge on any atom is -0.370 e. The molecule has 0 radical (unpaired) electrons. The summed E-state index contributed by atoms with van der Waals surface area (Å²) in [5.41, 5.74) is 8.42. The zero-order chi connectivity index (χ0) is 16.7. The van der Waals surface area contributed by atoms with Crippen molar-refractivity contribution in [3.63, 3.8) is 0 Å². The molecule has 2 rings (SSSR count). The van der Waals surface area contributed by atoms with E-state index in [1.807, 2.05) is 0 Å². The van der Waals surface area contributed by atoms with Crippen LogP contribution in [-0.2, 0) is 0 Å². The van der Waals surface area contributed by atoms with Crippen molar-refractivity contribution in [2.75, 3.05) is 31.5 Å². The van der Waals surface area contributed by atoms with E-state index in [0.717, 1.165) is 31.7 Å². The predicted molar refractivity (Wildman–Crippen MR) is 116 cm³/mol. The highest BCUT2D eigenvalue weighted by atomic mass is 127. The number of hydrogen-bond donors (Lipinski definition) is 2. The van der Waals surface area contributed by atoms with Gasteiger partial charge < -0.3 is 16.0 Å². The average Bonchev–Trinajstić information content (AvgIpc) is 2.60. The summed E-state index contributed by atoms with van der Waals surface area (Å²) in [6.45, 7) is 11.0. The topological polar surface area (TPSA) is 53.6 Å². The molecule has 136 valence electrons. The van der Waals surface area contributed by atoms with Crippen molar-refractivity contribution < 1.29 is 0 Å². The molecule has 4 nitrogen and oxygen atoms in total. The van der Waals surface area contributed by atoms with Gasteiger partial charge in [0.15, 0.2) is 5.96 Å². The molecule has 5 heteroatoms. The van der Waals surface area contributed by atoms with Crippen LogP contribution < -0.4 is 11.1 Å². The van der Waals surface area contributed by atoms with Gasteiger partial charge in [-0.05, 0) is 61.9 Å². The molecule has 1 aliphatic heterocycles. The number of anilines is 1. The summed E-state index contributed by atoms with van der Waals surface area (Å²) in [5, 5.41) is 3.20. The van der Waals surface area contributed by atoms with E-state index in [1.165, 1.54) is 24.9 Å². The zero-order valence-corrected chi connectivity index (χ0v) is 17.6. The van der Waals surface area contributed by atoms with E-state index in [2.05, 4.69) is 60.2 Å². The number of guanidine groups is 1. The van der Waals surface area contributed by atoms with Crippen LogP contribution in [0.5, 0.6) is 0 Å². The third-order valence-electron chi connectivity index (χ3n) is 4.93. The molecule has 0 bridgehead atoms. The van der Waals surface area contributed by atoms with E-state index >= 15 is 0 Å². The Balaban J connectivity index is 0.00000288. The monoisotopic (exact) mass is 444 g/mol. The quantitative estimate of drug-likeness (QED) is 0.391. The van der Waals surface area contributed by atoms with Crippen LogP contribution in [0.1, 0.15) is 51.5 Å². The second kappa shape index (κ2) is 10.9. The Labute approximate surface area is 164 Å². The van der Waals surface area contributed by atoms with Crippen molar-refractivity contribution in [1.29, 1.82) is 0 Å². The van der Waals surface area contributed by atoms with Crippen molar-refractivity contribution in [2.24, 2.45) is 16.6 Å². The second-order valence-corrected chi connectivity index (χ2v) is 6.68. The molecule has 1 aromatic rings. The number of aliphatic imine (C=N–C) groups is 1. The van der Waals surface area contributed by atoms with Crippen molar-refractivity contribution in [1.82, 2.24) is 4.90 Å². The predicted octanol–water partition coefficient (Wildman–Crippen LogP) is 4.28. The lowest BCUT2D eigenvalue weighted by molar-refractivity contribution is 0.187. The number of hydrogen-bond acceptors (Lipinski definition) is 2. The van der Waals surface area contributed by atoms with Crippen molar-refractivity contribution >= 4 is 35.6 Å². The van der Waals surface area contributed by atoms with E-state index in [1.54, 1.807) is 0 Å². The molecule has 2 atom stereocenters. The van der Waals surface area contributed by atoms with Crippen LogP contribution in [-0.4, -0.2) is 37.0 Å². The highest BCUT2D eigenvalue weighted by Crippen LogP contribution is 2.20. The molecule has 2 unspecified atom stereocenters. The molecule has 24 heavy (non-hydrogen) atoms. The lowest BCUT2D eigenvalue weighted by Gasteiger charge is -2.30. The molecule has 0 saturated carbocycles. The highest BCUT2D eigenvalue weighted by molar-refractivity contribution is 14.0. The van der Waals surface area contributed by atoms with Gasteiger partial charge in [-0.2, -0.15) is 0 Å². The van der Waals surface area contributed by atoms with Crippen LogP contribution in [0.15, 0.2) is 29.3 Å². The molecule has 1 aromatic carbocycles. The fraction of sp³-hybridized carbons (Fsp3) is 0.632. The molecular formula is C19H33IN4. The molecule has 3 N–H and O–H groups in total. The van der Waals surface area contributed by atoms with Gasteiger partial charge in [-0.15, -0.1) is 24.0 Å². The van der Waals surface area contributed by atoms with Gasteiger partial charge >= 0.3 is 0 Å². The maximum absolute atomic E-state index is 6.04. The van der Waals surface area contributed by atoms with Crippen molar-refractivity contribution in [2.45, 2.75) is 46.0 Å². The van der Waals surface area contributed by atoms with Crippen LogP contribution in [0.2, 0.25) is 0 Å². The Bertz CT molecular complexity index is 501. The van der Waals surface area contributed by atoms with Crippen LogP contribution >= 0.6 is 24.0 Å². The first kappa shape index (κ1) is 21.2. The Morgan fingerprint density at radius 3 is 2.67 bits per heavy atom. The largest absolute Gasteiger partial charge is 0.370 e. The third kappa shape index (κ3) is 6.59. The van der Waals surface area contributed by atoms with Gasteiger partial charge in [0, 0.05) is 18.8 Å². The van der Waals surface area contributed by atoms with Crippen LogP contribution in [0.25, 0.3) is 0 Å². The molecular weight excluding hydrogens is 411 g/mol. The summed E-state index contributed by atoms with van der Waals surface area (Å²) >= 11 is 0. The second-order valence-electron chi connectivity index (χ2n) is 6.68.